The Morgan fingerprint density at radius 1 is 1.69 bits per heavy atom. The van der Waals surface area contributed by atoms with Crippen molar-refractivity contribution in [2.45, 2.75) is 20.3 Å². The van der Waals surface area contributed by atoms with Crippen LogP contribution in [0.5, 0.6) is 0 Å². The van der Waals surface area contributed by atoms with Gasteiger partial charge < -0.3 is 5.32 Å². The fourth-order valence-corrected chi connectivity index (χ4v) is 1.51. The van der Waals surface area contributed by atoms with Crippen molar-refractivity contribution in [1.82, 2.24) is 4.98 Å². The predicted octanol–water partition coefficient (Wildman–Crippen LogP) is 2.47. The number of thiazole rings is 1. The molecule has 1 aromatic heterocycles. The molecule has 3 nitrogen and oxygen atoms in total. The minimum atomic E-state index is 0.659. The summed E-state index contributed by atoms with van der Waals surface area (Å²) in [5.74, 6) is 0.697. The molecule has 1 heterocycles. The van der Waals surface area contributed by atoms with Gasteiger partial charge in [0.15, 0.2) is 5.13 Å². The topological polar surface area (TPSA) is 48.7 Å². The summed E-state index contributed by atoms with van der Waals surface area (Å²) >= 11 is 1.40. The summed E-state index contributed by atoms with van der Waals surface area (Å²) < 4.78 is 0. The van der Waals surface area contributed by atoms with Crippen LogP contribution in [-0.4, -0.2) is 11.5 Å². The van der Waals surface area contributed by atoms with Crippen LogP contribution < -0.4 is 5.32 Å². The summed E-state index contributed by atoms with van der Waals surface area (Å²) in [6.07, 6.45) is 2.73. The third-order valence-electron chi connectivity index (χ3n) is 1.61. The van der Waals surface area contributed by atoms with Gasteiger partial charge in [-0.25, -0.2) is 4.98 Å². The summed E-state index contributed by atoms with van der Waals surface area (Å²) in [7, 11) is 0. The fourth-order valence-electron chi connectivity index (χ4n) is 0.875. The molecule has 0 fully saturated rings. The molecule has 0 spiro atoms. The standard InChI is InChI=1S/C9H13N3S/c1-7(2)3-4-11-9-12-6-8(5-10)13-9/h6-7H,3-4H2,1-2H3,(H,11,12). The number of nitrogens with zero attached hydrogens (tertiary/aromatic N) is 2. The first-order chi connectivity index (χ1) is 6.22. The number of nitrogens with one attached hydrogen (secondary N) is 1. The van der Waals surface area contributed by atoms with Crippen LogP contribution in [0, 0.1) is 17.2 Å². The van der Waals surface area contributed by atoms with Crippen molar-refractivity contribution in [3.63, 3.8) is 0 Å². The first-order valence-corrected chi connectivity index (χ1v) is 5.14. The fraction of sp³-hybridized carbons (Fsp3) is 0.556. The zero-order valence-electron chi connectivity index (χ0n) is 7.87. The molecule has 70 valence electrons. The Morgan fingerprint density at radius 3 is 3.00 bits per heavy atom. The molecule has 4 heteroatoms. The smallest absolute Gasteiger partial charge is 0.183 e. The molecule has 0 atom stereocenters. The molecule has 0 bridgehead atoms. The van der Waals surface area contributed by atoms with Crippen molar-refractivity contribution in [1.29, 1.82) is 5.26 Å². The van der Waals surface area contributed by atoms with E-state index < -0.39 is 0 Å². The molecule has 1 aromatic rings. The lowest BCUT2D eigenvalue weighted by molar-refractivity contribution is 0.607. The van der Waals surface area contributed by atoms with Crippen molar-refractivity contribution in [2.75, 3.05) is 11.9 Å². The first-order valence-electron chi connectivity index (χ1n) is 4.32. The van der Waals surface area contributed by atoms with E-state index in [4.69, 9.17) is 5.26 Å². The second-order valence-electron chi connectivity index (χ2n) is 3.25. The van der Waals surface area contributed by atoms with E-state index in [1.807, 2.05) is 0 Å². The van der Waals surface area contributed by atoms with E-state index in [0.717, 1.165) is 18.1 Å². The number of hydrogen-bond donors (Lipinski definition) is 1. The van der Waals surface area contributed by atoms with Crippen LogP contribution >= 0.6 is 11.3 Å². The highest BCUT2D eigenvalue weighted by Gasteiger charge is 2.00. The number of hydrogen-bond acceptors (Lipinski definition) is 4. The number of rotatable bonds is 4. The van der Waals surface area contributed by atoms with Crippen LogP contribution in [0.2, 0.25) is 0 Å². The van der Waals surface area contributed by atoms with Gasteiger partial charge in [-0.1, -0.05) is 25.2 Å². The van der Waals surface area contributed by atoms with Crippen LogP contribution in [0.15, 0.2) is 6.20 Å². The Labute approximate surface area is 82.4 Å². The van der Waals surface area contributed by atoms with Crippen molar-refractivity contribution >= 4 is 16.5 Å². The average Bonchev–Trinajstić information content (AvgIpc) is 2.52. The maximum absolute atomic E-state index is 8.56. The molecule has 0 aliphatic carbocycles. The highest BCUT2D eigenvalue weighted by Crippen LogP contribution is 2.16. The van der Waals surface area contributed by atoms with E-state index >= 15 is 0 Å². The zero-order chi connectivity index (χ0) is 9.68. The van der Waals surface area contributed by atoms with E-state index in [0.29, 0.717) is 10.8 Å². The molecular weight excluding hydrogens is 182 g/mol. The lowest BCUT2D eigenvalue weighted by Gasteiger charge is -2.04. The van der Waals surface area contributed by atoms with E-state index in [2.05, 4.69) is 30.2 Å². The number of nitriles is 1. The molecule has 0 radical (unpaired) electrons. The maximum Gasteiger partial charge on any atom is 0.183 e. The summed E-state index contributed by atoms with van der Waals surface area (Å²) in [5.41, 5.74) is 0. The Bertz CT molecular complexity index is 298. The predicted molar refractivity (Wildman–Crippen MR) is 54.8 cm³/mol. The van der Waals surface area contributed by atoms with Gasteiger partial charge in [0.05, 0.1) is 6.20 Å². The first kappa shape index (κ1) is 10.0. The van der Waals surface area contributed by atoms with E-state index in [9.17, 15) is 0 Å². The minimum Gasteiger partial charge on any atom is -0.361 e. The monoisotopic (exact) mass is 195 g/mol. The second kappa shape index (κ2) is 4.83. The van der Waals surface area contributed by atoms with Crippen molar-refractivity contribution in [3.8, 4) is 6.07 Å². The lowest BCUT2D eigenvalue weighted by Crippen LogP contribution is -2.03. The summed E-state index contributed by atoms with van der Waals surface area (Å²) in [6.45, 7) is 5.30. The molecule has 1 rings (SSSR count). The molecular formula is C9H13N3S. The minimum absolute atomic E-state index is 0.659. The molecule has 0 saturated carbocycles. The van der Waals surface area contributed by atoms with Crippen LogP contribution in [-0.2, 0) is 0 Å². The molecule has 0 unspecified atom stereocenters. The summed E-state index contributed by atoms with van der Waals surface area (Å²) in [5, 5.41) is 12.6. The Kier molecular flexibility index (Phi) is 3.71. The molecule has 13 heavy (non-hydrogen) atoms. The van der Waals surface area contributed by atoms with Gasteiger partial charge in [-0.05, 0) is 12.3 Å². The highest BCUT2D eigenvalue weighted by atomic mass is 32.1. The van der Waals surface area contributed by atoms with Crippen LogP contribution in [0.25, 0.3) is 0 Å². The number of aromatic nitrogens is 1. The molecule has 0 aromatic carbocycles. The quantitative estimate of drug-likeness (QED) is 0.803. The SMILES string of the molecule is CC(C)CCNc1ncc(C#N)s1. The normalized spacial score (nSPS) is 10.0. The number of anilines is 1. The molecule has 0 aliphatic rings. The largest absolute Gasteiger partial charge is 0.361 e. The van der Waals surface area contributed by atoms with Crippen molar-refractivity contribution in [2.24, 2.45) is 5.92 Å². The van der Waals surface area contributed by atoms with Crippen LogP contribution in [0.3, 0.4) is 0 Å². The molecule has 0 amide bonds. The Morgan fingerprint density at radius 2 is 2.46 bits per heavy atom. The van der Waals surface area contributed by atoms with Gasteiger partial charge >= 0.3 is 0 Å². The van der Waals surface area contributed by atoms with Gasteiger partial charge in [-0.15, -0.1) is 0 Å². The second-order valence-corrected chi connectivity index (χ2v) is 4.28. The van der Waals surface area contributed by atoms with Gasteiger partial charge in [0, 0.05) is 6.54 Å². The average molecular weight is 195 g/mol. The lowest BCUT2D eigenvalue weighted by atomic mass is 10.1. The Hall–Kier alpha value is -1.08. The van der Waals surface area contributed by atoms with Gasteiger partial charge in [0.25, 0.3) is 0 Å². The third-order valence-corrected chi connectivity index (χ3v) is 2.47. The van der Waals surface area contributed by atoms with Crippen molar-refractivity contribution < 1.29 is 0 Å². The third kappa shape index (κ3) is 3.43. The molecule has 0 aliphatic heterocycles. The van der Waals surface area contributed by atoms with Gasteiger partial charge in [0.2, 0.25) is 0 Å². The molecule has 0 saturated heterocycles. The maximum atomic E-state index is 8.56. The summed E-state index contributed by atoms with van der Waals surface area (Å²) in [6, 6.07) is 2.06. The van der Waals surface area contributed by atoms with E-state index in [-0.39, 0.29) is 0 Å². The van der Waals surface area contributed by atoms with Crippen LogP contribution in [0.4, 0.5) is 5.13 Å². The Balaban J connectivity index is 2.34. The van der Waals surface area contributed by atoms with Crippen LogP contribution in [0.1, 0.15) is 25.1 Å². The van der Waals surface area contributed by atoms with Gasteiger partial charge in [0.1, 0.15) is 10.9 Å². The van der Waals surface area contributed by atoms with Crippen molar-refractivity contribution in [3.05, 3.63) is 11.1 Å². The highest BCUT2D eigenvalue weighted by molar-refractivity contribution is 7.16. The van der Waals surface area contributed by atoms with E-state index in [1.165, 1.54) is 11.3 Å². The van der Waals surface area contributed by atoms with Gasteiger partial charge in [-0.2, -0.15) is 5.26 Å². The molecule has 1 N–H and O–H groups in total. The van der Waals surface area contributed by atoms with Gasteiger partial charge in [-0.3, -0.25) is 0 Å². The van der Waals surface area contributed by atoms with E-state index in [1.54, 1.807) is 6.20 Å². The zero-order valence-corrected chi connectivity index (χ0v) is 8.69. The summed E-state index contributed by atoms with van der Waals surface area (Å²) in [4.78, 5) is 4.73.